The lowest BCUT2D eigenvalue weighted by atomic mass is 10.1. The Labute approximate surface area is 178 Å². The minimum Gasteiger partial charge on any atom is -0.394 e. The first-order chi connectivity index (χ1) is 14.2. The van der Waals surface area contributed by atoms with Crippen LogP contribution in [0.1, 0.15) is 96.8 Å². The summed E-state index contributed by atoms with van der Waals surface area (Å²) < 4.78 is 11.0. The average molecular weight is 415 g/mol. The van der Waals surface area contributed by atoms with Crippen LogP contribution >= 0.6 is 0 Å². The van der Waals surface area contributed by atoms with Crippen LogP contribution in [0.15, 0.2) is 12.2 Å². The van der Waals surface area contributed by atoms with E-state index in [0.29, 0.717) is 6.61 Å². The molecule has 5 heteroatoms. The second kappa shape index (κ2) is 18.3. The molecule has 3 N–H and O–H groups in total. The van der Waals surface area contributed by atoms with E-state index in [1.807, 2.05) is 0 Å². The predicted octanol–water partition coefficient (Wildman–Crippen LogP) is 4.52. The van der Waals surface area contributed by atoms with Gasteiger partial charge < -0.3 is 24.8 Å². The van der Waals surface area contributed by atoms with Crippen molar-refractivity contribution in [2.45, 2.75) is 121 Å². The third-order valence-corrected chi connectivity index (χ3v) is 5.72. The number of hydrogen-bond donors (Lipinski definition) is 3. The Morgan fingerprint density at radius 1 is 0.897 bits per heavy atom. The molecule has 1 aliphatic rings. The van der Waals surface area contributed by atoms with Gasteiger partial charge in [-0.25, -0.2) is 0 Å². The topological polar surface area (TPSA) is 79.2 Å². The number of aliphatic hydroxyl groups is 3. The van der Waals surface area contributed by atoms with Gasteiger partial charge in [0, 0.05) is 6.61 Å². The molecule has 4 atom stereocenters. The highest BCUT2D eigenvalue weighted by Crippen LogP contribution is 2.20. The molecule has 0 unspecified atom stereocenters. The molecule has 1 aliphatic heterocycles. The zero-order valence-electron chi connectivity index (χ0n) is 18.6. The lowest BCUT2D eigenvalue weighted by Crippen LogP contribution is -2.41. The molecule has 0 radical (unpaired) electrons. The fourth-order valence-electron chi connectivity index (χ4n) is 3.79. The Kier molecular flexibility index (Phi) is 16.8. The Bertz CT molecular complexity index is 387. The summed E-state index contributed by atoms with van der Waals surface area (Å²) in [7, 11) is 0. The molecule has 0 aromatic heterocycles. The summed E-state index contributed by atoms with van der Waals surface area (Å²) in [5, 5.41) is 28.6. The first-order valence-electron chi connectivity index (χ1n) is 12.1. The van der Waals surface area contributed by atoms with Crippen LogP contribution in [0.5, 0.6) is 0 Å². The molecule has 1 saturated heterocycles. The van der Waals surface area contributed by atoms with E-state index in [1.54, 1.807) is 0 Å². The van der Waals surface area contributed by atoms with E-state index in [9.17, 15) is 10.2 Å². The number of aliphatic hydroxyl groups excluding tert-OH is 3. The van der Waals surface area contributed by atoms with Crippen molar-refractivity contribution in [1.29, 1.82) is 0 Å². The SMILES string of the molecule is CCCCCCCCC/C=C/CCCCCCCO[C@H]1CO[C@@H]([C@H](O)CO)[C@H]1O. The third-order valence-electron chi connectivity index (χ3n) is 5.72. The summed E-state index contributed by atoms with van der Waals surface area (Å²) in [4.78, 5) is 0. The van der Waals surface area contributed by atoms with Gasteiger partial charge in [-0.1, -0.05) is 76.9 Å². The van der Waals surface area contributed by atoms with E-state index in [0.717, 1.165) is 12.8 Å². The van der Waals surface area contributed by atoms with Crippen molar-refractivity contribution >= 4 is 0 Å². The van der Waals surface area contributed by atoms with Crippen molar-refractivity contribution in [2.75, 3.05) is 19.8 Å². The van der Waals surface area contributed by atoms with Crippen LogP contribution in [0.25, 0.3) is 0 Å². The van der Waals surface area contributed by atoms with Gasteiger partial charge in [-0.3, -0.25) is 0 Å². The van der Waals surface area contributed by atoms with Gasteiger partial charge in [-0.05, 0) is 32.1 Å². The van der Waals surface area contributed by atoms with Gasteiger partial charge in [0.2, 0.25) is 0 Å². The van der Waals surface area contributed by atoms with Gasteiger partial charge >= 0.3 is 0 Å². The average Bonchev–Trinajstić information content (AvgIpc) is 3.10. The monoisotopic (exact) mass is 414 g/mol. The maximum atomic E-state index is 10.1. The largest absolute Gasteiger partial charge is 0.394 e. The molecule has 0 spiro atoms. The van der Waals surface area contributed by atoms with Crippen LogP contribution in [0.4, 0.5) is 0 Å². The zero-order chi connectivity index (χ0) is 21.2. The van der Waals surface area contributed by atoms with Crippen LogP contribution in [-0.4, -0.2) is 59.6 Å². The quantitative estimate of drug-likeness (QED) is 0.214. The van der Waals surface area contributed by atoms with Gasteiger partial charge in [-0.15, -0.1) is 0 Å². The molecule has 5 nitrogen and oxygen atoms in total. The van der Waals surface area contributed by atoms with Crippen molar-refractivity contribution in [3.05, 3.63) is 12.2 Å². The van der Waals surface area contributed by atoms with E-state index in [-0.39, 0.29) is 6.61 Å². The van der Waals surface area contributed by atoms with Crippen LogP contribution in [0.3, 0.4) is 0 Å². The maximum Gasteiger partial charge on any atom is 0.114 e. The van der Waals surface area contributed by atoms with E-state index >= 15 is 0 Å². The molecule has 0 amide bonds. The molecule has 0 bridgehead atoms. The van der Waals surface area contributed by atoms with Crippen LogP contribution in [0.2, 0.25) is 0 Å². The summed E-state index contributed by atoms with van der Waals surface area (Å²) in [5.41, 5.74) is 0. The summed E-state index contributed by atoms with van der Waals surface area (Å²) in [6.45, 7) is 2.73. The fourth-order valence-corrected chi connectivity index (χ4v) is 3.79. The lowest BCUT2D eigenvalue weighted by molar-refractivity contribution is -0.0730. The number of hydrogen-bond acceptors (Lipinski definition) is 5. The molecule has 172 valence electrons. The van der Waals surface area contributed by atoms with Gasteiger partial charge in [0.25, 0.3) is 0 Å². The van der Waals surface area contributed by atoms with Crippen LogP contribution < -0.4 is 0 Å². The predicted molar refractivity (Wildman–Crippen MR) is 118 cm³/mol. The second-order valence-corrected chi connectivity index (χ2v) is 8.39. The Morgan fingerprint density at radius 2 is 1.45 bits per heavy atom. The van der Waals surface area contributed by atoms with E-state index in [2.05, 4.69) is 19.1 Å². The number of allylic oxidation sites excluding steroid dienone is 2. The molecular formula is C24H46O5. The van der Waals surface area contributed by atoms with Crippen molar-refractivity contribution in [3.8, 4) is 0 Å². The molecular weight excluding hydrogens is 368 g/mol. The normalized spacial score (nSPS) is 23.2. The standard InChI is InChI=1S/C24H46O5/c1-2-3-4-5-6-7-8-9-10-11-12-13-14-15-16-17-18-28-22-20-29-24(23(22)27)21(26)19-25/h10-11,21-27H,2-9,12-20H2,1H3/b11-10+/t21-,22+,23+,24+/m1/s1. The van der Waals surface area contributed by atoms with Crippen LogP contribution in [0, 0.1) is 0 Å². The minimum atomic E-state index is -1.05. The molecule has 0 aliphatic carbocycles. The van der Waals surface area contributed by atoms with Crippen molar-refractivity contribution in [3.63, 3.8) is 0 Å². The van der Waals surface area contributed by atoms with E-state index < -0.39 is 31.0 Å². The highest BCUT2D eigenvalue weighted by Gasteiger charge is 2.40. The number of rotatable bonds is 19. The summed E-state index contributed by atoms with van der Waals surface area (Å²) in [6.07, 6.45) is 19.5. The fraction of sp³-hybridized carbons (Fsp3) is 0.917. The van der Waals surface area contributed by atoms with Crippen molar-refractivity contribution in [2.24, 2.45) is 0 Å². The molecule has 29 heavy (non-hydrogen) atoms. The van der Waals surface area contributed by atoms with Crippen molar-refractivity contribution in [1.82, 2.24) is 0 Å². The van der Waals surface area contributed by atoms with Gasteiger partial charge in [0.05, 0.1) is 13.2 Å². The second-order valence-electron chi connectivity index (χ2n) is 8.39. The highest BCUT2D eigenvalue weighted by molar-refractivity contribution is 4.88. The Balaban J connectivity index is 1.83. The third kappa shape index (κ3) is 12.7. The van der Waals surface area contributed by atoms with Crippen molar-refractivity contribution < 1.29 is 24.8 Å². The summed E-state index contributed by atoms with van der Waals surface area (Å²) >= 11 is 0. The van der Waals surface area contributed by atoms with E-state index in [4.69, 9.17) is 14.6 Å². The molecule has 1 heterocycles. The summed E-state index contributed by atoms with van der Waals surface area (Å²) in [5.74, 6) is 0. The number of unbranched alkanes of at least 4 members (excludes halogenated alkanes) is 12. The Morgan fingerprint density at radius 3 is 2.03 bits per heavy atom. The van der Waals surface area contributed by atoms with Crippen LogP contribution in [-0.2, 0) is 9.47 Å². The van der Waals surface area contributed by atoms with Gasteiger partial charge in [0.1, 0.15) is 24.4 Å². The van der Waals surface area contributed by atoms with Gasteiger partial charge in [0.15, 0.2) is 0 Å². The van der Waals surface area contributed by atoms with Gasteiger partial charge in [-0.2, -0.15) is 0 Å². The number of ether oxygens (including phenoxy) is 2. The molecule has 0 aromatic carbocycles. The molecule has 0 aromatic rings. The smallest absolute Gasteiger partial charge is 0.114 e. The maximum absolute atomic E-state index is 10.1. The first kappa shape index (κ1) is 26.6. The first-order valence-corrected chi connectivity index (χ1v) is 12.1. The summed E-state index contributed by atoms with van der Waals surface area (Å²) in [6, 6.07) is 0. The van der Waals surface area contributed by atoms with E-state index in [1.165, 1.54) is 77.0 Å². The highest BCUT2D eigenvalue weighted by atomic mass is 16.6. The minimum absolute atomic E-state index is 0.272. The lowest BCUT2D eigenvalue weighted by Gasteiger charge is -2.20. The molecule has 0 saturated carbocycles. The Hall–Kier alpha value is -0.460. The molecule has 1 fully saturated rings. The zero-order valence-corrected chi connectivity index (χ0v) is 18.6. The molecule has 1 rings (SSSR count).